The highest BCUT2D eigenvalue weighted by Gasteiger charge is 2.57. The summed E-state index contributed by atoms with van der Waals surface area (Å²) in [5.74, 6) is 0.496. The molecule has 0 spiro atoms. The van der Waals surface area contributed by atoms with E-state index in [1.54, 1.807) is 7.11 Å². The lowest BCUT2D eigenvalue weighted by Gasteiger charge is -2.23. The SMILES string of the molecule is CCOC(=O)C1OC1(C)CCCC(C)CCCC(C)(C)OC. The summed E-state index contributed by atoms with van der Waals surface area (Å²) in [5.41, 5.74) is -0.300. The van der Waals surface area contributed by atoms with Crippen molar-refractivity contribution in [1.82, 2.24) is 0 Å². The number of epoxide rings is 1. The molecule has 1 aliphatic heterocycles. The maximum Gasteiger partial charge on any atom is 0.338 e. The standard InChI is InChI=1S/C18H34O4/c1-7-21-16(19)15-18(5,22-15)13-9-11-14(2)10-8-12-17(3,4)20-6/h14-15H,7-13H2,1-6H3. The molecule has 0 saturated carbocycles. The largest absolute Gasteiger partial charge is 0.464 e. The summed E-state index contributed by atoms with van der Waals surface area (Å²) >= 11 is 0. The maximum atomic E-state index is 11.6. The Bertz CT molecular complexity index is 353. The zero-order valence-electron chi connectivity index (χ0n) is 15.2. The van der Waals surface area contributed by atoms with E-state index in [1.165, 1.54) is 19.3 Å². The van der Waals surface area contributed by atoms with Crippen LogP contribution < -0.4 is 0 Å². The van der Waals surface area contributed by atoms with Crippen molar-refractivity contribution in [1.29, 1.82) is 0 Å². The van der Waals surface area contributed by atoms with Gasteiger partial charge in [-0.2, -0.15) is 0 Å². The third-order valence-corrected chi connectivity index (χ3v) is 4.78. The predicted octanol–water partition coefficient (Wildman–Crippen LogP) is 4.11. The molecule has 4 nitrogen and oxygen atoms in total. The first-order chi connectivity index (χ1) is 10.2. The first-order valence-electron chi connectivity index (χ1n) is 8.63. The fourth-order valence-electron chi connectivity index (χ4n) is 2.86. The number of methoxy groups -OCH3 is 1. The second-order valence-corrected chi connectivity index (χ2v) is 7.42. The second-order valence-electron chi connectivity index (χ2n) is 7.42. The Hall–Kier alpha value is -0.610. The topological polar surface area (TPSA) is 48.1 Å². The minimum atomic E-state index is -0.342. The quantitative estimate of drug-likeness (QED) is 0.425. The van der Waals surface area contributed by atoms with E-state index in [0.29, 0.717) is 12.5 Å². The van der Waals surface area contributed by atoms with Crippen molar-refractivity contribution in [2.24, 2.45) is 5.92 Å². The van der Waals surface area contributed by atoms with Gasteiger partial charge in [0.2, 0.25) is 0 Å². The number of carbonyl (C=O) groups is 1. The Balaban J connectivity index is 2.13. The highest BCUT2D eigenvalue weighted by Crippen LogP contribution is 2.41. The van der Waals surface area contributed by atoms with Crippen LogP contribution in [0.2, 0.25) is 0 Å². The van der Waals surface area contributed by atoms with Crippen molar-refractivity contribution in [2.75, 3.05) is 13.7 Å². The number of rotatable bonds is 11. The molecule has 1 saturated heterocycles. The molecule has 0 aromatic heterocycles. The predicted molar refractivity (Wildman–Crippen MR) is 87.9 cm³/mol. The van der Waals surface area contributed by atoms with Crippen LogP contribution in [0.5, 0.6) is 0 Å². The van der Waals surface area contributed by atoms with Crippen LogP contribution in [-0.2, 0) is 19.0 Å². The number of carbonyl (C=O) groups excluding carboxylic acids is 1. The number of hydrogen-bond donors (Lipinski definition) is 0. The minimum absolute atomic E-state index is 0.0120. The fourth-order valence-corrected chi connectivity index (χ4v) is 2.86. The molecule has 1 rings (SSSR count). The summed E-state index contributed by atoms with van der Waals surface area (Å²) in [7, 11) is 1.78. The van der Waals surface area contributed by atoms with E-state index in [-0.39, 0.29) is 23.3 Å². The average Bonchev–Trinajstić information content (AvgIpc) is 3.11. The molecule has 3 unspecified atom stereocenters. The van der Waals surface area contributed by atoms with Gasteiger partial charge >= 0.3 is 5.97 Å². The number of esters is 1. The molecule has 22 heavy (non-hydrogen) atoms. The molecule has 0 N–H and O–H groups in total. The molecule has 130 valence electrons. The van der Waals surface area contributed by atoms with Crippen molar-refractivity contribution >= 4 is 5.97 Å². The van der Waals surface area contributed by atoms with E-state index in [9.17, 15) is 4.79 Å². The summed E-state index contributed by atoms with van der Waals surface area (Å²) in [4.78, 5) is 11.6. The van der Waals surface area contributed by atoms with E-state index in [0.717, 1.165) is 19.3 Å². The van der Waals surface area contributed by atoms with Crippen LogP contribution in [0.3, 0.4) is 0 Å². The first kappa shape index (κ1) is 19.4. The number of ether oxygens (including phenoxy) is 3. The zero-order chi connectivity index (χ0) is 16.8. The van der Waals surface area contributed by atoms with Crippen LogP contribution in [-0.4, -0.2) is 37.0 Å². The molecule has 1 heterocycles. The van der Waals surface area contributed by atoms with Gasteiger partial charge < -0.3 is 14.2 Å². The van der Waals surface area contributed by atoms with Crippen molar-refractivity contribution in [3.63, 3.8) is 0 Å². The average molecular weight is 314 g/mol. The van der Waals surface area contributed by atoms with Crippen LogP contribution in [0.15, 0.2) is 0 Å². The molecule has 3 atom stereocenters. The molecular formula is C18H34O4. The summed E-state index contributed by atoms with van der Waals surface area (Å²) in [5, 5.41) is 0. The van der Waals surface area contributed by atoms with Gasteiger partial charge in [-0.15, -0.1) is 0 Å². The molecule has 0 aromatic rings. The van der Waals surface area contributed by atoms with Gasteiger partial charge in [0.25, 0.3) is 0 Å². The van der Waals surface area contributed by atoms with Gasteiger partial charge in [0.1, 0.15) is 5.60 Å². The van der Waals surface area contributed by atoms with Crippen LogP contribution in [0.4, 0.5) is 0 Å². The van der Waals surface area contributed by atoms with E-state index in [1.807, 2.05) is 13.8 Å². The Kier molecular flexibility index (Phi) is 7.33. The van der Waals surface area contributed by atoms with E-state index in [2.05, 4.69) is 20.8 Å². The highest BCUT2D eigenvalue weighted by molar-refractivity contribution is 5.79. The Morgan fingerprint density at radius 3 is 2.55 bits per heavy atom. The van der Waals surface area contributed by atoms with Crippen molar-refractivity contribution in [2.45, 2.75) is 90.4 Å². The summed E-state index contributed by atoms with van der Waals surface area (Å²) in [6, 6.07) is 0. The Morgan fingerprint density at radius 1 is 1.32 bits per heavy atom. The Labute approximate surface area is 135 Å². The number of hydrogen-bond acceptors (Lipinski definition) is 4. The minimum Gasteiger partial charge on any atom is -0.464 e. The van der Waals surface area contributed by atoms with Crippen molar-refractivity contribution < 1.29 is 19.0 Å². The van der Waals surface area contributed by atoms with E-state index in [4.69, 9.17) is 14.2 Å². The molecule has 0 amide bonds. The van der Waals surface area contributed by atoms with Gasteiger partial charge in [0.05, 0.1) is 12.2 Å². The lowest BCUT2D eigenvalue weighted by molar-refractivity contribution is -0.144. The normalized spacial score (nSPS) is 25.8. The van der Waals surface area contributed by atoms with Gasteiger partial charge in [-0.05, 0) is 46.5 Å². The van der Waals surface area contributed by atoms with Gasteiger partial charge in [-0.3, -0.25) is 0 Å². The lowest BCUT2D eigenvalue weighted by atomic mass is 9.91. The Morgan fingerprint density at radius 2 is 1.95 bits per heavy atom. The van der Waals surface area contributed by atoms with Crippen molar-refractivity contribution in [3.05, 3.63) is 0 Å². The van der Waals surface area contributed by atoms with Gasteiger partial charge in [0, 0.05) is 7.11 Å². The van der Waals surface area contributed by atoms with Crippen LogP contribution in [0.1, 0.15) is 73.1 Å². The van der Waals surface area contributed by atoms with Gasteiger partial charge in [-0.1, -0.05) is 32.6 Å². The third kappa shape index (κ3) is 6.25. The molecule has 4 heteroatoms. The monoisotopic (exact) mass is 314 g/mol. The molecule has 0 aromatic carbocycles. The second kappa shape index (κ2) is 8.30. The molecule has 1 fully saturated rings. The van der Waals surface area contributed by atoms with Crippen LogP contribution in [0.25, 0.3) is 0 Å². The molecular weight excluding hydrogens is 280 g/mol. The lowest BCUT2D eigenvalue weighted by Crippen LogP contribution is -2.22. The van der Waals surface area contributed by atoms with Gasteiger partial charge in [0.15, 0.2) is 6.10 Å². The van der Waals surface area contributed by atoms with Crippen molar-refractivity contribution in [3.8, 4) is 0 Å². The molecule has 1 aliphatic rings. The third-order valence-electron chi connectivity index (χ3n) is 4.78. The maximum absolute atomic E-state index is 11.6. The molecule has 0 aliphatic carbocycles. The van der Waals surface area contributed by atoms with E-state index < -0.39 is 0 Å². The van der Waals surface area contributed by atoms with E-state index >= 15 is 0 Å². The van der Waals surface area contributed by atoms with Gasteiger partial charge in [-0.25, -0.2) is 4.79 Å². The summed E-state index contributed by atoms with van der Waals surface area (Å²) < 4.78 is 16.0. The fraction of sp³-hybridized carbons (Fsp3) is 0.944. The summed E-state index contributed by atoms with van der Waals surface area (Å²) in [6.45, 7) is 10.8. The highest BCUT2D eigenvalue weighted by atomic mass is 16.7. The summed E-state index contributed by atoms with van der Waals surface area (Å²) in [6.07, 6.45) is 6.39. The zero-order valence-corrected chi connectivity index (χ0v) is 15.2. The van der Waals surface area contributed by atoms with Crippen LogP contribution >= 0.6 is 0 Å². The smallest absolute Gasteiger partial charge is 0.338 e. The first-order valence-corrected chi connectivity index (χ1v) is 8.63. The molecule has 0 bridgehead atoms. The molecule has 0 radical (unpaired) electrons. The van der Waals surface area contributed by atoms with Crippen LogP contribution in [0, 0.1) is 5.92 Å².